The van der Waals surface area contributed by atoms with Gasteiger partial charge < -0.3 is 20.4 Å². The number of carboxylic acid groups (broad SMARTS) is 1. The number of carbonyl (C=O) groups is 2. The molecule has 1 aliphatic rings. The minimum Gasteiger partial charge on any atom is -0.480 e. The van der Waals surface area contributed by atoms with E-state index >= 15 is 0 Å². The summed E-state index contributed by atoms with van der Waals surface area (Å²) >= 11 is 0. The molecule has 1 fully saturated rings. The molecule has 98 valence electrons. The Morgan fingerprint density at radius 3 is 2.41 bits per heavy atom. The van der Waals surface area contributed by atoms with E-state index in [2.05, 4.69) is 5.32 Å². The molecule has 3 N–H and O–H groups in total. The Balaban J connectivity index is 2.47. The highest BCUT2D eigenvalue weighted by Gasteiger charge is 2.25. The molecule has 2 amide bonds. The minimum absolute atomic E-state index is 0.178. The van der Waals surface area contributed by atoms with Crippen LogP contribution in [0.15, 0.2) is 0 Å². The number of hydrogen-bond acceptors (Lipinski definition) is 3. The highest BCUT2D eigenvalue weighted by Crippen LogP contribution is 2.21. The van der Waals surface area contributed by atoms with Gasteiger partial charge in [-0.2, -0.15) is 0 Å². The van der Waals surface area contributed by atoms with E-state index in [0.29, 0.717) is 0 Å². The van der Waals surface area contributed by atoms with Crippen molar-refractivity contribution in [2.24, 2.45) is 0 Å². The molecule has 17 heavy (non-hydrogen) atoms. The minimum atomic E-state index is -1.23. The van der Waals surface area contributed by atoms with Gasteiger partial charge in [0.15, 0.2) is 6.04 Å². The second-order valence-corrected chi connectivity index (χ2v) is 4.43. The van der Waals surface area contributed by atoms with Crippen LogP contribution in [0.25, 0.3) is 0 Å². The summed E-state index contributed by atoms with van der Waals surface area (Å²) in [5, 5.41) is 19.8. The van der Waals surface area contributed by atoms with Crippen LogP contribution in [0.5, 0.6) is 0 Å². The van der Waals surface area contributed by atoms with Gasteiger partial charge in [-0.1, -0.05) is 19.3 Å². The summed E-state index contributed by atoms with van der Waals surface area (Å²) in [6.45, 7) is -0.598. The Labute approximate surface area is 101 Å². The van der Waals surface area contributed by atoms with Crippen molar-refractivity contribution >= 4 is 12.0 Å². The second kappa shape index (κ2) is 6.44. The van der Waals surface area contributed by atoms with E-state index in [0.717, 1.165) is 25.7 Å². The van der Waals surface area contributed by atoms with Gasteiger partial charge in [-0.25, -0.2) is 9.59 Å². The standard InChI is InChI=1S/C11H20N2O4/c1-13(8-5-3-2-4-6-8)11(17)12-9(7-14)10(15)16/h8-9,14H,2-7H2,1H3,(H,12,17)(H,15,16)/t9-/m1/s1. The number of aliphatic hydroxyl groups is 1. The number of amides is 2. The van der Waals surface area contributed by atoms with E-state index in [1.165, 1.54) is 6.42 Å². The fourth-order valence-electron chi connectivity index (χ4n) is 2.07. The van der Waals surface area contributed by atoms with Crippen LogP contribution >= 0.6 is 0 Å². The Morgan fingerprint density at radius 1 is 1.35 bits per heavy atom. The quantitative estimate of drug-likeness (QED) is 0.668. The van der Waals surface area contributed by atoms with Crippen molar-refractivity contribution in [3.05, 3.63) is 0 Å². The second-order valence-electron chi connectivity index (χ2n) is 4.43. The number of carboxylic acids is 1. The van der Waals surface area contributed by atoms with E-state index in [9.17, 15) is 9.59 Å². The first-order valence-electron chi connectivity index (χ1n) is 5.93. The third-order valence-electron chi connectivity index (χ3n) is 3.22. The summed E-state index contributed by atoms with van der Waals surface area (Å²) in [6, 6.07) is -1.48. The molecule has 1 atom stereocenters. The number of urea groups is 1. The summed E-state index contributed by atoms with van der Waals surface area (Å²) in [7, 11) is 1.67. The smallest absolute Gasteiger partial charge is 0.328 e. The lowest BCUT2D eigenvalue weighted by molar-refractivity contribution is -0.140. The van der Waals surface area contributed by atoms with Gasteiger partial charge in [0.2, 0.25) is 0 Å². The highest BCUT2D eigenvalue weighted by molar-refractivity contribution is 5.82. The summed E-state index contributed by atoms with van der Waals surface area (Å²) in [5.74, 6) is -1.22. The lowest BCUT2D eigenvalue weighted by Gasteiger charge is -2.31. The molecule has 1 rings (SSSR count). The summed E-state index contributed by atoms with van der Waals surface area (Å²) < 4.78 is 0. The van der Waals surface area contributed by atoms with Gasteiger partial charge in [-0.05, 0) is 12.8 Å². The van der Waals surface area contributed by atoms with Crippen LogP contribution in [0.2, 0.25) is 0 Å². The third-order valence-corrected chi connectivity index (χ3v) is 3.22. The van der Waals surface area contributed by atoms with Gasteiger partial charge in [0, 0.05) is 13.1 Å². The van der Waals surface area contributed by atoms with Gasteiger partial charge >= 0.3 is 12.0 Å². The maximum atomic E-state index is 11.8. The van der Waals surface area contributed by atoms with Crippen LogP contribution in [-0.4, -0.2) is 52.9 Å². The predicted molar refractivity (Wildman–Crippen MR) is 61.7 cm³/mol. The molecule has 0 unspecified atom stereocenters. The Hall–Kier alpha value is -1.30. The number of rotatable bonds is 4. The highest BCUT2D eigenvalue weighted by atomic mass is 16.4. The van der Waals surface area contributed by atoms with E-state index in [1.54, 1.807) is 11.9 Å². The Kier molecular flexibility index (Phi) is 5.21. The maximum Gasteiger partial charge on any atom is 0.328 e. The molecule has 0 aromatic rings. The van der Waals surface area contributed by atoms with Crippen LogP contribution in [-0.2, 0) is 4.79 Å². The van der Waals surface area contributed by atoms with Crippen molar-refractivity contribution in [2.45, 2.75) is 44.2 Å². The van der Waals surface area contributed by atoms with Crippen molar-refractivity contribution in [3.8, 4) is 0 Å². The van der Waals surface area contributed by atoms with Gasteiger partial charge in [-0.3, -0.25) is 0 Å². The molecule has 0 aromatic carbocycles. The zero-order valence-corrected chi connectivity index (χ0v) is 10.1. The van der Waals surface area contributed by atoms with E-state index < -0.39 is 24.6 Å². The average Bonchev–Trinajstić information content (AvgIpc) is 2.35. The van der Waals surface area contributed by atoms with Gasteiger partial charge in [0.25, 0.3) is 0 Å². The van der Waals surface area contributed by atoms with Crippen LogP contribution in [0.3, 0.4) is 0 Å². The molecule has 0 aromatic heterocycles. The number of aliphatic carboxylic acids is 1. The fraction of sp³-hybridized carbons (Fsp3) is 0.818. The van der Waals surface area contributed by atoms with Crippen LogP contribution in [0, 0.1) is 0 Å². The monoisotopic (exact) mass is 244 g/mol. The number of hydrogen-bond donors (Lipinski definition) is 3. The number of nitrogens with zero attached hydrogens (tertiary/aromatic N) is 1. The van der Waals surface area contributed by atoms with E-state index in [-0.39, 0.29) is 6.04 Å². The zero-order chi connectivity index (χ0) is 12.8. The molecule has 0 spiro atoms. The fourth-order valence-corrected chi connectivity index (χ4v) is 2.07. The molecule has 0 heterocycles. The summed E-state index contributed by atoms with van der Waals surface area (Å²) in [6.07, 6.45) is 5.32. The van der Waals surface area contributed by atoms with Crippen LogP contribution in [0.4, 0.5) is 4.79 Å². The lowest BCUT2D eigenvalue weighted by Crippen LogP contribution is -2.51. The first-order chi connectivity index (χ1) is 8.06. The van der Waals surface area contributed by atoms with Gasteiger partial charge in [0.1, 0.15) is 0 Å². The normalized spacial score (nSPS) is 18.5. The first-order valence-corrected chi connectivity index (χ1v) is 5.93. The molecule has 0 radical (unpaired) electrons. The topological polar surface area (TPSA) is 89.9 Å². The van der Waals surface area contributed by atoms with Crippen molar-refractivity contribution in [1.29, 1.82) is 0 Å². The Morgan fingerprint density at radius 2 is 1.94 bits per heavy atom. The molecule has 0 saturated heterocycles. The molecule has 0 aliphatic heterocycles. The molecular weight excluding hydrogens is 224 g/mol. The number of carbonyl (C=O) groups excluding carboxylic acids is 1. The van der Waals surface area contributed by atoms with Crippen LogP contribution in [0.1, 0.15) is 32.1 Å². The molecule has 6 nitrogen and oxygen atoms in total. The molecular formula is C11H20N2O4. The lowest BCUT2D eigenvalue weighted by atomic mass is 9.95. The molecule has 0 bridgehead atoms. The van der Waals surface area contributed by atoms with Crippen molar-refractivity contribution in [3.63, 3.8) is 0 Å². The largest absolute Gasteiger partial charge is 0.480 e. The number of aliphatic hydroxyl groups excluding tert-OH is 1. The van der Waals surface area contributed by atoms with Crippen molar-refractivity contribution < 1.29 is 19.8 Å². The maximum absolute atomic E-state index is 11.8. The predicted octanol–water partition coefficient (Wildman–Crippen LogP) is 0.406. The SMILES string of the molecule is CN(C(=O)N[C@H](CO)C(=O)O)C1CCCCC1. The zero-order valence-electron chi connectivity index (χ0n) is 10.1. The van der Waals surface area contributed by atoms with Crippen molar-refractivity contribution in [2.75, 3.05) is 13.7 Å². The number of nitrogens with one attached hydrogen (secondary N) is 1. The van der Waals surface area contributed by atoms with Crippen LogP contribution < -0.4 is 5.32 Å². The molecule has 6 heteroatoms. The van der Waals surface area contributed by atoms with Gasteiger partial charge in [-0.15, -0.1) is 0 Å². The Bertz CT molecular complexity index is 277. The van der Waals surface area contributed by atoms with Crippen molar-refractivity contribution in [1.82, 2.24) is 10.2 Å². The van der Waals surface area contributed by atoms with E-state index in [1.807, 2.05) is 0 Å². The average molecular weight is 244 g/mol. The first kappa shape index (κ1) is 13.8. The molecule has 1 saturated carbocycles. The van der Waals surface area contributed by atoms with Gasteiger partial charge in [0.05, 0.1) is 6.61 Å². The van der Waals surface area contributed by atoms with E-state index in [4.69, 9.17) is 10.2 Å². The third kappa shape index (κ3) is 3.89. The summed E-state index contributed by atoms with van der Waals surface area (Å²) in [4.78, 5) is 24.0. The molecule has 1 aliphatic carbocycles. The summed E-state index contributed by atoms with van der Waals surface area (Å²) in [5.41, 5.74) is 0.